The molecule has 0 saturated heterocycles. The molecule has 0 aromatic carbocycles. The minimum absolute atomic E-state index is 0.133. The topological polar surface area (TPSA) is 43.1 Å². The lowest BCUT2D eigenvalue weighted by atomic mass is 10.2. The normalized spacial score (nSPS) is 9.53. The van der Waals surface area contributed by atoms with Crippen LogP contribution in [0, 0.1) is 25.7 Å². The van der Waals surface area contributed by atoms with Crippen molar-refractivity contribution in [1.82, 2.24) is 5.16 Å². The van der Waals surface area contributed by atoms with Crippen molar-refractivity contribution in [3.05, 3.63) is 17.0 Å². The number of thioether (sulfide) groups is 1. The highest BCUT2D eigenvalue weighted by atomic mass is 32.2. The van der Waals surface area contributed by atoms with Crippen molar-refractivity contribution in [2.45, 2.75) is 27.2 Å². The largest absolute Gasteiger partial charge is 0.360 e. The molecule has 0 N–H and O–H groups in total. The monoisotopic (exact) mass is 223 g/mol. The van der Waals surface area contributed by atoms with E-state index in [1.54, 1.807) is 6.92 Å². The van der Waals surface area contributed by atoms with Gasteiger partial charge in [0, 0.05) is 19.1 Å². The highest BCUT2D eigenvalue weighted by Crippen LogP contribution is 2.10. The third kappa shape index (κ3) is 3.80. The van der Waals surface area contributed by atoms with Crippen molar-refractivity contribution in [1.29, 1.82) is 0 Å². The van der Waals surface area contributed by atoms with Crippen molar-refractivity contribution in [2.24, 2.45) is 0 Å². The molecular formula is C11H13NO2S. The van der Waals surface area contributed by atoms with Gasteiger partial charge in [0.05, 0.1) is 11.3 Å². The quantitative estimate of drug-likeness (QED) is 0.570. The van der Waals surface area contributed by atoms with Crippen molar-refractivity contribution in [3.63, 3.8) is 0 Å². The molecule has 1 rings (SSSR count). The zero-order valence-electron chi connectivity index (χ0n) is 9.09. The molecule has 15 heavy (non-hydrogen) atoms. The van der Waals surface area contributed by atoms with Crippen molar-refractivity contribution in [2.75, 3.05) is 5.75 Å². The first kappa shape index (κ1) is 11.9. The molecule has 1 aromatic rings. The number of aryl methyl sites for hydroxylation is 2. The minimum atomic E-state index is 0.133. The highest BCUT2D eigenvalue weighted by molar-refractivity contribution is 8.13. The Balaban J connectivity index is 2.48. The van der Waals surface area contributed by atoms with Gasteiger partial charge < -0.3 is 4.52 Å². The predicted molar refractivity (Wildman–Crippen MR) is 60.6 cm³/mol. The zero-order chi connectivity index (χ0) is 11.3. The number of nitrogens with zero attached hydrogens (tertiary/aromatic N) is 1. The van der Waals surface area contributed by atoms with E-state index in [0.717, 1.165) is 22.8 Å². The van der Waals surface area contributed by atoms with E-state index in [0.29, 0.717) is 6.42 Å². The number of aromatic nitrogens is 1. The summed E-state index contributed by atoms with van der Waals surface area (Å²) < 4.78 is 4.98. The molecule has 0 atom stereocenters. The van der Waals surface area contributed by atoms with E-state index < -0.39 is 0 Å². The van der Waals surface area contributed by atoms with Crippen LogP contribution in [0.3, 0.4) is 0 Å². The van der Waals surface area contributed by atoms with Gasteiger partial charge in [0.15, 0.2) is 5.12 Å². The van der Waals surface area contributed by atoms with Gasteiger partial charge in [-0.15, -0.1) is 0 Å². The maximum Gasteiger partial charge on any atom is 0.185 e. The van der Waals surface area contributed by atoms with Gasteiger partial charge in [-0.25, -0.2) is 0 Å². The maximum absolute atomic E-state index is 10.6. The number of carbonyl (C=O) groups is 1. The Labute approximate surface area is 93.6 Å². The van der Waals surface area contributed by atoms with Gasteiger partial charge in [-0.2, -0.15) is 0 Å². The summed E-state index contributed by atoms with van der Waals surface area (Å²) in [5.41, 5.74) is 1.68. The third-order valence-electron chi connectivity index (χ3n) is 1.78. The van der Waals surface area contributed by atoms with Gasteiger partial charge in [0.1, 0.15) is 5.76 Å². The van der Waals surface area contributed by atoms with Crippen molar-refractivity contribution < 1.29 is 9.32 Å². The fraction of sp³-hybridized carbons (Fsp3) is 0.455. The lowest BCUT2D eigenvalue weighted by molar-refractivity contribution is -0.109. The standard InChI is InChI=1S/C11H13NO2S/c1-8-11(9(2)14-12-8)6-4-5-7-15-10(3)13/h5,7H2,1-3H3. The molecule has 0 unspecified atom stereocenters. The molecule has 0 radical (unpaired) electrons. The van der Waals surface area contributed by atoms with Gasteiger partial charge in [0.2, 0.25) is 0 Å². The molecule has 1 heterocycles. The smallest absolute Gasteiger partial charge is 0.185 e. The minimum Gasteiger partial charge on any atom is -0.360 e. The summed E-state index contributed by atoms with van der Waals surface area (Å²) in [6.45, 7) is 5.27. The lowest BCUT2D eigenvalue weighted by Gasteiger charge is -1.89. The first-order chi connectivity index (χ1) is 7.11. The number of hydrogen-bond donors (Lipinski definition) is 0. The molecule has 0 bridgehead atoms. The maximum atomic E-state index is 10.6. The van der Waals surface area contributed by atoms with Gasteiger partial charge in [0.25, 0.3) is 0 Å². The molecule has 0 amide bonds. The molecule has 0 aliphatic rings. The fourth-order valence-corrected chi connectivity index (χ4v) is 1.55. The summed E-state index contributed by atoms with van der Waals surface area (Å²) in [6, 6.07) is 0. The van der Waals surface area contributed by atoms with Crippen molar-refractivity contribution >= 4 is 16.9 Å². The molecule has 0 aliphatic carbocycles. The van der Waals surface area contributed by atoms with Gasteiger partial charge in [-0.3, -0.25) is 4.79 Å². The summed E-state index contributed by atoms with van der Waals surface area (Å²) in [5.74, 6) is 7.50. The second-order valence-corrected chi connectivity index (χ2v) is 4.36. The Morgan fingerprint density at radius 2 is 2.27 bits per heavy atom. The van der Waals surface area contributed by atoms with E-state index in [1.807, 2.05) is 13.8 Å². The molecule has 0 spiro atoms. The second-order valence-electron chi connectivity index (χ2n) is 3.09. The predicted octanol–water partition coefficient (Wildman–Crippen LogP) is 2.31. The van der Waals surface area contributed by atoms with Crippen LogP contribution in [-0.2, 0) is 4.79 Å². The molecular weight excluding hydrogens is 210 g/mol. The summed E-state index contributed by atoms with van der Waals surface area (Å²) in [6.07, 6.45) is 0.703. The van der Waals surface area contributed by atoms with Crippen LogP contribution in [0.15, 0.2) is 4.52 Å². The molecule has 1 aromatic heterocycles. The number of hydrogen-bond acceptors (Lipinski definition) is 4. The SMILES string of the molecule is CC(=O)SCCC#Cc1c(C)noc1C. The molecule has 0 saturated carbocycles. The van der Waals surface area contributed by atoms with Crippen LogP contribution < -0.4 is 0 Å². The lowest BCUT2D eigenvalue weighted by Crippen LogP contribution is -1.84. The fourth-order valence-electron chi connectivity index (χ4n) is 1.06. The van der Waals surface area contributed by atoms with Crippen LogP contribution in [0.4, 0.5) is 0 Å². The molecule has 4 heteroatoms. The van der Waals surface area contributed by atoms with Crippen LogP contribution >= 0.6 is 11.8 Å². The van der Waals surface area contributed by atoms with Gasteiger partial charge >= 0.3 is 0 Å². The van der Waals surface area contributed by atoms with E-state index in [1.165, 1.54) is 11.8 Å². The Kier molecular flexibility index (Phi) is 4.44. The summed E-state index contributed by atoms with van der Waals surface area (Å²) >= 11 is 1.30. The molecule has 0 aliphatic heterocycles. The van der Waals surface area contributed by atoms with E-state index in [2.05, 4.69) is 17.0 Å². The van der Waals surface area contributed by atoms with E-state index in [-0.39, 0.29) is 5.12 Å². The zero-order valence-corrected chi connectivity index (χ0v) is 9.90. The molecule has 3 nitrogen and oxygen atoms in total. The Morgan fingerprint density at radius 1 is 1.53 bits per heavy atom. The molecule has 0 fully saturated rings. The van der Waals surface area contributed by atoms with Crippen LogP contribution in [0.5, 0.6) is 0 Å². The molecule has 80 valence electrons. The van der Waals surface area contributed by atoms with Gasteiger partial charge in [-0.1, -0.05) is 28.8 Å². The summed E-state index contributed by atoms with van der Waals surface area (Å²) in [7, 11) is 0. The van der Waals surface area contributed by atoms with E-state index >= 15 is 0 Å². The number of rotatable bonds is 2. The van der Waals surface area contributed by atoms with Crippen LogP contribution in [0.1, 0.15) is 30.4 Å². The van der Waals surface area contributed by atoms with Crippen LogP contribution in [0.25, 0.3) is 0 Å². The average Bonchev–Trinajstić information content (AvgIpc) is 2.47. The highest BCUT2D eigenvalue weighted by Gasteiger charge is 2.04. The van der Waals surface area contributed by atoms with E-state index in [9.17, 15) is 4.79 Å². The average molecular weight is 223 g/mol. The Bertz CT molecular complexity index is 392. The Hall–Kier alpha value is -1.21. The summed E-state index contributed by atoms with van der Waals surface area (Å²) in [5, 5.41) is 3.94. The van der Waals surface area contributed by atoms with Gasteiger partial charge in [-0.05, 0) is 13.8 Å². The first-order valence-electron chi connectivity index (χ1n) is 4.66. The second kappa shape index (κ2) is 5.62. The first-order valence-corrected chi connectivity index (χ1v) is 5.65. The number of carbonyl (C=O) groups excluding carboxylic acids is 1. The van der Waals surface area contributed by atoms with Crippen molar-refractivity contribution in [3.8, 4) is 11.8 Å². The third-order valence-corrected chi connectivity index (χ3v) is 2.59. The van der Waals surface area contributed by atoms with Crippen LogP contribution in [-0.4, -0.2) is 16.0 Å². The summed E-state index contributed by atoms with van der Waals surface area (Å²) in [4.78, 5) is 10.6. The Morgan fingerprint density at radius 3 is 2.80 bits per heavy atom. The van der Waals surface area contributed by atoms with E-state index in [4.69, 9.17) is 4.52 Å². The van der Waals surface area contributed by atoms with Crippen LogP contribution in [0.2, 0.25) is 0 Å².